The normalized spacial score (nSPS) is 18.2. The van der Waals surface area contributed by atoms with Gasteiger partial charge in [-0.2, -0.15) is 0 Å². The molecule has 1 aromatic heterocycles. The molecule has 26 heavy (non-hydrogen) atoms. The van der Waals surface area contributed by atoms with E-state index in [4.69, 9.17) is 0 Å². The maximum absolute atomic E-state index is 13.1. The van der Waals surface area contributed by atoms with Gasteiger partial charge >= 0.3 is 0 Å². The summed E-state index contributed by atoms with van der Waals surface area (Å²) in [5, 5.41) is 12.0. The second-order valence-corrected chi connectivity index (χ2v) is 7.28. The van der Waals surface area contributed by atoms with E-state index in [0.717, 1.165) is 0 Å². The molecule has 1 atom stereocenters. The van der Waals surface area contributed by atoms with E-state index in [2.05, 4.69) is 4.98 Å². The minimum Gasteiger partial charge on any atom is -0.377 e. The van der Waals surface area contributed by atoms with Crippen LogP contribution in [0.1, 0.15) is 38.1 Å². The summed E-state index contributed by atoms with van der Waals surface area (Å²) in [5.74, 6) is 0.377. The van der Waals surface area contributed by atoms with Crippen molar-refractivity contribution in [1.82, 2.24) is 9.55 Å². The first-order chi connectivity index (χ1) is 12.4. The number of para-hydroxylation sites is 2. The highest BCUT2D eigenvalue weighted by Gasteiger charge is 2.45. The fourth-order valence-corrected chi connectivity index (χ4v) is 3.76. The van der Waals surface area contributed by atoms with E-state index >= 15 is 0 Å². The zero-order chi connectivity index (χ0) is 18.5. The Labute approximate surface area is 150 Å². The highest BCUT2D eigenvalue weighted by Crippen LogP contribution is 2.42. The van der Waals surface area contributed by atoms with Crippen molar-refractivity contribution in [2.24, 2.45) is 5.92 Å². The van der Waals surface area contributed by atoms with Crippen LogP contribution in [0.3, 0.4) is 0 Å². The first-order valence-electron chi connectivity index (χ1n) is 8.78. The van der Waals surface area contributed by atoms with Gasteiger partial charge in [0.2, 0.25) is 0 Å². The lowest BCUT2D eigenvalue weighted by Gasteiger charge is -2.23. The highest BCUT2D eigenvalue weighted by molar-refractivity contribution is 5.83. The van der Waals surface area contributed by atoms with Gasteiger partial charge < -0.3 is 5.11 Å². The molecule has 0 aliphatic carbocycles. The molecule has 1 aliphatic rings. The minimum absolute atomic E-state index is 0.0480. The minimum atomic E-state index is -1.59. The van der Waals surface area contributed by atoms with Gasteiger partial charge in [-0.25, -0.2) is 4.98 Å². The smallest absolute Gasteiger partial charge is 0.266 e. The molecule has 1 aliphatic heterocycles. The Bertz CT molecular complexity index is 1080. The van der Waals surface area contributed by atoms with E-state index in [1.165, 1.54) is 4.57 Å². The molecule has 3 aromatic rings. The quantitative estimate of drug-likeness (QED) is 0.787. The van der Waals surface area contributed by atoms with Gasteiger partial charge in [0.1, 0.15) is 5.78 Å². The van der Waals surface area contributed by atoms with Crippen LogP contribution < -0.4 is 5.56 Å². The number of aromatic nitrogens is 2. The molecule has 4 rings (SSSR count). The van der Waals surface area contributed by atoms with Gasteiger partial charge in [-0.1, -0.05) is 44.2 Å². The Morgan fingerprint density at radius 2 is 1.85 bits per heavy atom. The van der Waals surface area contributed by atoms with Crippen LogP contribution in [0.25, 0.3) is 16.6 Å². The number of hydrogen-bond donors (Lipinski definition) is 1. The predicted molar refractivity (Wildman–Crippen MR) is 99.4 cm³/mol. The number of carbonyl (C=O) groups excluding carboxylic acids is 1. The summed E-state index contributed by atoms with van der Waals surface area (Å²) in [6.45, 7) is 3.93. The first kappa shape index (κ1) is 16.7. The lowest BCUT2D eigenvalue weighted by atomic mass is 9.87. The van der Waals surface area contributed by atoms with E-state index in [-0.39, 0.29) is 29.5 Å². The molecule has 0 bridgehead atoms. The van der Waals surface area contributed by atoms with Crippen molar-refractivity contribution >= 4 is 16.7 Å². The molecule has 0 saturated heterocycles. The van der Waals surface area contributed by atoms with Crippen LogP contribution in [0.4, 0.5) is 0 Å². The van der Waals surface area contributed by atoms with Crippen molar-refractivity contribution in [3.8, 4) is 5.69 Å². The van der Waals surface area contributed by atoms with Gasteiger partial charge in [-0.15, -0.1) is 0 Å². The summed E-state index contributed by atoms with van der Waals surface area (Å²) in [4.78, 5) is 30.1. The second kappa shape index (κ2) is 5.88. The molecule has 0 fully saturated rings. The van der Waals surface area contributed by atoms with E-state index in [1.807, 2.05) is 19.9 Å². The Balaban J connectivity index is 1.98. The number of Topliss-reactive ketones (excluding diaryl/α,β-unsaturated/α-hetero) is 1. The Morgan fingerprint density at radius 3 is 2.62 bits per heavy atom. The van der Waals surface area contributed by atoms with Crippen LogP contribution in [-0.2, 0) is 10.4 Å². The standard InChI is InChI=1S/C21H20N2O3/c1-13(2)11-14(24)12-21(26)16-8-4-6-10-18(16)23-19(25)15-7-3-5-9-17(15)22-20(21)23/h3-10,13,26H,11-12H2,1-2H3. The van der Waals surface area contributed by atoms with Crippen molar-refractivity contribution in [2.45, 2.75) is 32.3 Å². The predicted octanol–water partition coefficient (Wildman–Crippen LogP) is 2.94. The molecule has 5 nitrogen and oxygen atoms in total. The third-order valence-corrected chi connectivity index (χ3v) is 4.83. The van der Waals surface area contributed by atoms with Gasteiger partial charge in [-0.05, 0) is 24.1 Å². The number of rotatable bonds is 4. The van der Waals surface area contributed by atoms with Crippen LogP contribution in [0.2, 0.25) is 0 Å². The number of benzene rings is 2. The summed E-state index contributed by atoms with van der Waals surface area (Å²) in [6, 6.07) is 14.2. The molecule has 5 heteroatoms. The number of carbonyl (C=O) groups is 1. The maximum Gasteiger partial charge on any atom is 0.266 e. The molecule has 0 radical (unpaired) electrons. The summed E-state index contributed by atoms with van der Waals surface area (Å²) >= 11 is 0. The van der Waals surface area contributed by atoms with Crippen LogP contribution in [0, 0.1) is 5.92 Å². The Hall–Kier alpha value is -2.79. The van der Waals surface area contributed by atoms with E-state index in [1.54, 1.807) is 42.5 Å². The Kier molecular flexibility index (Phi) is 3.77. The number of ketones is 1. The third-order valence-electron chi connectivity index (χ3n) is 4.83. The summed E-state index contributed by atoms with van der Waals surface area (Å²) < 4.78 is 1.44. The van der Waals surface area contributed by atoms with Crippen molar-refractivity contribution in [2.75, 3.05) is 0 Å². The second-order valence-electron chi connectivity index (χ2n) is 7.28. The largest absolute Gasteiger partial charge is 0.377 e. The summed E-state index contributed by atoms with van der Waals surface area (Å²) in [7, 11) is 0. The van der Waals surface area contributed by atoms with Crippen LogP contribution in [0.5, 0.6) is 0 Å². The fraction of sp³-hybridized carbons (Fsp3) is 0.286. The zero-order valence-corrected chi connectivity index (χ0v) is 14.8. The van der Waals surface area contributed by atoms with Gasteiger partial charge in [0, 0.05) is 18.4 Å². The van der Waals surface area contributed by atoms with E-state index < -0.39 is 5.60 Å². The van der Waals surface area contributed by atoms with Crippen LogP contribution in [-0.4, -0.2) is 20.4 Å². The lowest BCUT2D eigenvalue weighted by Crippen LogP contribution is -2.32. The molecule has 0 spiro atoms. The molecule has 0 saturated carbocycles. The van der Waals surface area contributed by atoms with Gasteiger partial charge in [0.05, 0.1) is 16.6 Å². The summed E-state index contributed by atoms with van der Waals surface area (Å²) in [6.07, 6.45) is 0.287. The lowest BCUT2D eigenvalue weighted by molar-refractivity contribution is -0.123. The monoisotopic (exact) mass is 348 g/mol. The van der Waals surface area contributed by atoms with Crippen molar-refractivity contribution in [3.63, 3.8) is 0 Å². The highest BCUT2D eigenvalue weighted by atomic mass is 16.3. The summed E-state index contributed by atoms with van der Waals surface area (Å²) in [5.41, 5.74) is -0.162. The molecular formula is C21H20N2O3. The van der Waals surface area contributed by atoms with Crippen LogP contribution in [0.15, 0.2) is 53.3 Å². The molecular weight excluding hydrogens is 328 g/mol. The number of fused-ring (bicyclic) bond motifs is 4. The zero-order valence-electron chi connectivity index (χ0n) is 14.8. The molecule has 1 N–H and O–H groups in total. The topological polar surface area (TPSA) is 72.2 Å². The van der Waals surface area contributed by atoms with Gasteiger partial charge in [0.25, 0.3) is 5.56 Å². The third kappa shape index (κ3) is 2.39. The van der Waals surface area contributed by atoms with Gasteiger partial charge in [-0.3, -0.25) is 14.2 Å². The Morgan fingerprint density at radius 1 is 1.15 bits per heavy atom. The molecule has 2 aromatic carbocycles. The van der Waals surface area contributed by atoms with E-state index in [9.17, 15) is 14.7 Å². The average molecular weight is 348 g/mol. The van der Waals surface area contributed by atoms with Crippen molar-refractivity contribution < 1.29 is 9.90 Å². The van der Waals surface area contributed by atoms with Crippen molar-refractivity contribution in [3.05, 3.63) is 70.3 Å². The average Bonchev–Trinajstić information content (AvgIpc) is 2.84. The first-order valence-corrected chi connectivity index (χ1v) is 8.78. The maximum atomic E-state index is 13.1. The molecule has 0 amide bonds. The molecule has 132 valence electrons. The van der Waals surface area contributed by atoms with Gasteiger partial charge in [0.15, 0.2) is 11.4 Å². The number of hydrogen-bond acceptors (Lipinski definition) is 4. The SMILES string of the molecule is CC(C)CC(=O)CC1(O)c2ccccc2-n2c1nc1ccccc1c2=O. The number of aliphatic hydroxyl groups is 1. The van der Waals surface area contributed by atoms with Crippen molar-refractivity contribution in [1.29, 1.82) is 0 Å². The molecule has 2 heterocycles. The fourth-order valence-electron chi connectivity index (χ4n) is 3.76. The molecule has 1 unspecified atom stereocenters. The number of nitrogens with zero attached hydrogens (tertiary/aromatic N) is 2. The van der Waals surface area contributed by atoms with Crippen LogP contribution >= 0.6 is 0 Å². The van der Waals surface area contributed by atoms with E-state index in [0.29, 0.717) is 28.6 Å².